The van der Waals surface area contributed by atoms with Crippen molar-refractivity contribution < 1.29 is 9.59 Å². The van der Waals surface area contributed by atoms with Gasteiger partial charge in [0.1, 0.15) is 0 Å². The van der Waals surface area contributed by atoms with Gasteiger partial charge in [-0.05, 0) is 44.6 Å². The summed E-state index contributed by atoms with van der Waals surface area (Å²) < 4.78 is 0. The second-order valence-corrected chi connectivity index (χ2v) is 6.26. The number of rotatable bonds is 7. The molecule has 0 radical (unpaired) electrons. The second-order valence-electron chi connectivity index (χ2n) is 6.26. The molecule has 0 unspecified atom stereocenters. The normalized spacial score (nSPS) is 15.7. The van der Waals surface area contributed by atoms with Crippen LogP contribution in [-0.4, -0.2) is 50.1 Å². The highest BCUT2D eigenvalue weighted by molar-refractivity contribution is 5.95. The summed E-state index contributed by atoms with van der Waals surface area (Å²) in [7, 11) is 2.02. The van der Waals surface area contributed by atoms with Crippen molar-refractivity contribution >= 4 is 17.6 Å². The number of carbonyl (C=O) groups excluding carboxylic acids is 2. The van der Waals surface area contributed by atoms with E-state index in [0.29, 0.717) is 13.0 Å². The summed E-state index contributed by atoms with van der Waals surface area (Å²) in [5, 5.41) is 5.81. The van der Waals surface area contributed by atoms with Gasteiger partial charge in [0.15, 0.2) is 0 Å². The fourth-order valence-corrected chi connectivity index (χ4v) is 2.73. The molecule has 1 aromatic carbocycles. The molecule has 3 amide bonds. The molecule has 1 aliphatic heterocycles. The number of nitrogens with one attached hydrogen (secondary N) is 2. The lowest BCUT2D eigenvalue weighted by Crippen LogP contribution is -2.40. The average molecular weight is 332 g/mol. The van der Waals surface area contributed by atoms with Crippen LogP contribution in [0.2, 0.25) is 0 Å². The molecule has 1 aromatic rings. The van der Waals surface area contributed by atoms with E-state index in [1.807, 2.05) is 43.1 Å². The largest absolute Gasteiger partial charge is 0.337 e. The van der Waals surface area contributed by atoms with Gasteiger partial charge < -0.3 is 20.4 Å². The molecule has 6 heteroatoms. The molecule has 0 aromatic heterocycles. The predicted molar refractivity (Wildman–Crippen MR) is 96.1 cm³/mol. The van der Waals surface area contributed by atoms with Gasteiger partial charge in [-0.1, -0.05) is 19.1 Å². The molecule has 6 nitrogen and oxygen atoms in total. The molecule has 2 rings (SSSR count). The maximum Gasteiger partial charge on any atom is 0.315 e. The van der Waals surface area contributed by atoms with Crippen molar-refractivity contribution in [1.29, 1.82) is 0 Å². The Morgan fingerprint density at radius 2 is 2.21 bits per heavy atom. The van der Waals surface area contributed by atoms with Crippen LogP contribution in [0.4, 0.5) is 10.5 Å². The van der Waals surface area contributed by atoms with Crippen molar-refractivity contribution in [2.45, 2.75) is 32.7 Å². The Kier molecular flexibility index (Phi) is 6.61. The Morgan fingerprint density at radius 3 is 2.88 bits per heavy atom. The van der Waals surface area contributed by atoms with Crippen LogP contribution in [0.5, 0.6) is 0 Å². The van der Waals surface area contributed by atoms with Crippen molar-refractivity contribution in [3.05, 3.63) is 29.8 Å². The van der Waals surface area contributed by atoms with E-state index in [1.54, 1.807) is 0 Å². The molecule has 0 saturated carbocycles. The molecule has 1 fully saturated rings. The van der Waals surface area contributed by atoms with Crippen LogP contribution in [-0.2, 0) is 4.79 Å². The van der Waals surface area contributed by atoms with Gasteiger partial charge in [-0.2, -0.15) is 0 Å². The predicted octanol–water partition coefficient (Wildman–Crippen LogP) is 2.13. The molecule has 24 heavy (non-hydrogen) atoms. The number of benzene rings is 1. The summed E-state index contributed by atoms with van der Waals surface area (Å²) >= 11 is 0. The van der Waals surface area contributed by atoms with Crippen molar-refractivity contribution in [2.75, 3.05) is 38.1 Å². The molecule has 0 spiro atoms. The first-order valence-corrected chi connectivity index (χ1v) is 8.64. The van der Waals surface area contributed by atoms with Crippen LogP contribution in [0, 0.1) is 0 Å². The maximum absolute atomic E-state index is 12.0. The number of urea groups is 1. The lowest BCUT2D eigenvalue weighted by molar-refractivity contribution is -0.117. The standard InChI is InChI=1S/C18H28N4O2/c1-4-21(3)12-10-19-18(24)20-14(2)15-7-5-8-16(13-15)22-11-6-9-17(22)23/h5,7-8,13-14H,4,6,9-12H2,1-3H3,(H2,19,20,24)/t14-/m0/s1. The first kappa shape index (κ1) is 18.3. The fourth-order valence-electron chi connectivity index (χ4n) is 2.73. The van der Waals surface area contributed by atoms with Crippen LogP contribution in [0.15, 0.2) is 24.3 Å². The Bertz CT molecular complexity index is 576. The Labute approximate surface area is 144 Å². The molecule has 132 valence electrons. The Morgan fingerprint density at radius 1 is 1.42 bits per heavy atom. The number of nitrogens with zero attached hydrogens (tertiary/aromatic N) is 2. The highest BCUT2D eigenvalue weighted by Gasteiger charge is 2.22. The van der Waals surface area contributed by atoms with Gasteiger partial charge in [-0.25, -0.2) is 4.79 Å². The highest BCUT2D eigenvalue weighted by Crippen LogP contribution is 2.24. The van der Waals surface area contributed by atoms with Gasteiger partial charge in [0.05, 0.1) is 6.04 Å². The third kappa shape index (κ3) is 4.96. The zero-order valence-electron chi connectivity index (χ0n) is 14.8. The van der Waals surface area contributed by atoms with Crippen LogP contribution < -0.4 is 15.5 Å². The second kappa shape index (κ2) is 8.68. The number of hydrogen-bond donors (Lipinski definition) is 2. The van der Waals surface area contributed by atoms with Crippen molar-refractivity contribution in [1.82, 2.24) is 15.5 Å². The SMILES string of the molecule is CCN(C)CCNC(=O)N[C@@H](C)c1cccc(N2CCCC2=O)c1. The number of anilines is 1. The molecule has 2 N–H and O–H groups in total. The topological polar surface area (TPSA) is 64.7 Å². The van der Waals surface area contributed by atoms with Crippen molar-refractivity contribution in [2.24, 2.45) is 0 Å². The molecule has 0 bridgehead atoms. The average Bonchev–Trinajstić information content (AvgIpc) is 3.00. The summed E-state index contributed by atoms with van der Waals surface area (Å²) in [5.41, 5.74) is 1.90. The maximum atomic E-state index is 12.0. The van der Waals surface area contributed by atoms with E-state index in [0.717, 1.165) is 37.3 Å². The zero-order valence-corrected chi connectivity index (χ0v) is 14.8. The Hall–Kier alpha value is -2.08. The van der Waals surface area contributed by atoms with E-state index in [1.165, 1.54) is 0 Å². The molecular formula is C18H28N4O2. The lowest BCUT2D eigenvalue weighted by Gasteiger charge is -2.20. The van der Waals surface area contributed by atoms with Crippen molar-refractivity contribution in [3.8, 4) is 0 Å². The molecule has 0 aliphatic carbocycles. The molecule has 1 atom stereocenters. The van der Waals surface area contributed by atoms with E-state index in [-0.39, 0.29) is 18.0 Å². The van der Waals surface area contributed by atoms with Crippen LogP contribution in [0.1, 0.15) is 38.3 Å². The summed E-state index contributed by atoms with van der Waals surface area (Å²) in [5.74, 6) is 0.172. The first-order chi connectivity index (χ1) is 11.5. The van der Waals surface area contributed by atoms with Gasteiger partial charge in [0.2, 0.25) is 5.91 Å². The van der Waals surface area contributed by atoms with Crippen LogP contribution in [0.25, 0.3) is 0 Å². The minimum atomic E-state index is -0.172. The van der Waals surface area contributed by atoms with E-state index in [4.69, 9.17) is 0 Å². The molecule has 1 aliphatic rings. The first-order valence-electron chi connectivity index (χ1n) is 8.64. The van der Waals surface area contributed by atoms with Gasteiger partial charge in [0, 0.05) is 31.7 Å². The van der Waals surface area contributed by atoms with Crippen LogP contribution >= 0.6 is 0 Å². The van der Waals surface area contributed by atoms with Gasteiger partial charge in [-0.3, -0.25) is 4.79 Å². The number of carbonyl (C=O) groups is 2. The lowest BCUT2D eigenvalue weighted by atomic mass is 10.1. The third-order valence-electron chi connectivity index (χ3n) is 4.42. The summed E-state index contributed by atoms with van der Waals surface area (Å²) in [6.07, 6.45) is 1.53. The quantitative estimate of drug-likeness (QED) is 0.804. The van der Waals surface area contributed by atoms with E-state index in [2.05, 4.69) is 22.5 Å². The number of likely N-dealkylation sites (N-methyl/N-ethyl adjacent to an activating group) is 1. The summed E-state index contributed by atoms with van der Waals surface area (Å²) in [6, 6.07) is 7.54. The minimum absolute atomic E-state index is 0.119. The van der Waals surface area contributed by atoms with Crippen molar-refractivity contribution in [3.63, 3.8) is 0 Å². The Balaban J connectivity index is 1.89. The number of hydrogen-bond acceptors (Lipinski definition) is 3. The van der Waals surface area contributed by atoms with E-state index < -0.39 is 0 Å². The minimum Gasteiger partial charge on any atom is -0.337 e. The molecule has 1 heterocycles. The van der Waals surface area contributed by atoms with Gasteiger partial charge in [-0.15, -0.1) is 0 Å². The van der Waals surface area contributed by atoms with Gasteiger partial charge in [0.25, 0.3) is 0 Å². The third-order valence-corrected chi connectivity index (χ3v) is 4.42. The molecular weight excluding hydrogens is 304 g/mol. The monoisotopic (exact) mass is 332 g/mol. The number of amides is 3. The van der Waals surface area contributed by atoms with E-state index >= 15 is 0 Å². The van der Waals surface area contributed by atoms with Gasteiger partial charge >= 0.3 is 6.03 Å². The van der Waals surface area contributed by atoms with Crippen LogP contribution in [0.3, 0.4) is 0 Å². The smallest absolute Gasteiger partial charge is 0.315 e. The summed E-state index contributed by atoms with van der Waals surface area (Å²) in [4.78, 5) is 27.8. The fraction of sp³-hybridized carbons (Fsp3) is 0.556. The molecule has 1 saturated heterocycles. The summed E-state index contributed by atoms with van der Waals surface area (Å²) in [6.45, 7) is 7.20. The zero-order chi connectivity index (χ0) is 17.5. The highest BCUT2D eigenvalue weighted by atomic mass is 16.2. The van der Waals surface area contributed by atoms with E-state index in [9.17, 15) is 9.59 Å².